The lowest BCUT2D eigenvalue weighted by molar-refractivity contribution is 0.434. The summed E-state index contributed by atoms with van der Waals surface area (Å²) in [7, 11) is 2.05. The van der Waals surface area contributed by atoms with Gasteiger partial charge in [-0.1, -0.05) is 24.6 Å². The van der Waals surface area contributed by atoms with Gasteiger partial charge in [0.15, 0.2) is 0 Å². The monoisotopic (exact) mass is 229 g/mol. The number of fused-ring (bicyclic) bond motifs is 1. The van der Waals surface area contributed by atoms with Crippen molar-refractivity contribution in [2.24, 2.45) is 0 Å². The van der Waals surface area contributed by atoms with E-state index in [2.05, 4.69) is 43.6 Å². The SMILES string of the molecule is CNC1CCCC1c1cc2cccc(C)c2o1. The highest BCUT2D eigenvalue weighted by Crippen LogP contribution is 2.37. The molecular weight excluding hydrogens is 210 g/mol. The fraction of sp³-hybridized carbons (Fsp3) is 0.467. The summed E-state index contributed by atoms with van der Waals surface area (Å²) in [5, 5.41) is 4.65. The quantitative estimate of drug-likeness (QED) is 0.851. The van der Waals surface area contributed by atoms with Gasteiger partial charge in [0.1, 0.15) is 11.3 Å². The Morgan fingerprint density at radius 1 is 1.29 bits per heavy atom. The van der Waals surface area contributed by atoms with Gasteiger partial charge in [-0.05, 0) is 38.4 Å². The van der Waals surface area contributed by atoms with E-state index in [4.69, 9.17) is 4.42 Å². The van der Waals surface area contributed by atoms with E-state index in [0.29, 0.717) is 12.0 Å². The highest BCUT2D eigenvalue weighted by Gasteiger charge is 2.29. The van der Waals surface area contributed by atoms with Crippen molar-refractivity contribution in [1.82, 2.24) is 5.32 Å². The van der Waals surface area contributed by atoms with Crippen molar-refractivity contribution in [3.05, 3.63) is 35.6 Å². The van der Waals surface area contributed by atoms with E-state index in [1.807, 2.05) is 0 Å². The molecule has 2 atom stereocenters. The number of hydrogen-bond donors (Lipinski definition) is 1. The van der Waals surface area contributed by atoms with Crippen LogP contribution in [0.4, 0.5) is 0 Å². The zero-order chi connectivity index (χ0) is 11.8. The van der Waals surface area contributed by atoms with Gasteiger partial charge in [0.25, 0.3) is 0 Å². The van der Waals surface area contributed by atoms with E-state index < -0.39 is 0 Å². The summed E-state index contributed by atoms with van der Waals surface area (Å²) in [5.74, 6) is 1.71. The van der Waals surface area contributed by atoms with Gasteiger partial charge in [-0.2, -0.15) is 0 Å². The Kier molecular flexibility index (Phi) is 2.67. The molecule has 0 saturated heterocycles. The van der Waals surface area contributed by atoms with Crippen LogP contribution in [0.1, 0.15) is 36.5 Å². The summed E-state index contributed by atoms with van der Waals surface area (Å²) in [6.45, 7) is 2.11. The Balaban J connectivity index is 2.03. The maximum Gasteiger partial charge on any atom is 0.137 e. The summed E-state index contributed by atoms with van der Waals surface area (Å²) in [6, 6.07) is 9.15. The maximum absolute atomic E-state index is 6.07. The molecule has 0 amide bonds. The van der Waals surface area contributed by atoms with E-state index in [1.54, 1.807) is 0 Å². The lowest BCUT2D eigenvalue weighted by atomic mass is 10.0. The van der Waals surface area contributed by atoms with Crippen LogP contribution in [-0.2, 0) is 0 Å². The molecule has 17 heavy (non-hydrogen) atoms. The first kappa shape index (κ1) is 10.8. The first-order valence-corrected chi connectivity index (χ1v) is 6.46. The van der Waals surface area contributed by atoms with Gasteiger partial charge in [0.05, 0.1) is 0 Å². The molecule has 1 aliphatic rings. The second-order valence-corrected chi connectivity index (χ2v) is 5.07. The molecule has 0 aliphatic heterocycles. The predicted molar refractivity (Wildman–Crippen MR) is 70.4 cm³/mol. The van der Waals surface area contributed by atoms with Crippen molar-refractivity contribution in [3.8, 4) is 0 Å². The van der Waals surface area contributed by atoms with E-state index in [9.17, 15) is 0 Å². The van der Waals surface area contributed by atoms with E-state index >= 15 is 0 Å². The Bertz CT molecular complexity index is 529. The van der Waals surface area contributed by atoms with Crippen molar-refractivity contribution < 1.29 is 4.42 Å². The molecule has 1 aliphatic carbocycles. The Labute approximate surface area is 102 Å². The largest absolute Gasteiger partial charge is 0.460 e. The molecular formula is C15H19NO. The van der Waals surface area contributed by atoms with Gasteiger partial charge in [-0.15, -0.1) is 0 Å². The number of furan rings is 1. The topological polar surface area (TPSA) is 25.2 Å². The molecule has 2 unspecified atom stereocenters. The first-order valence-electron chi connectivity index (χ1n) is 6.46. The zero-order valence-electron chi connectivity index (χ0n) is 10.5. The van der Waals surface area contributed by atoms with Crippen LogP contribution in [0.25, 0.3) is 11.0 Å². The number of likely N-dealkylation sites (N-methyl/N-ethyl adjacent to an activating group) is 1. The van der Waals surface area contributed by atoms with Crippen molar-refractivity contribution in [2.45, 2.75) is 38.1 Å². The molecule has 0 radical (unpaired) electrons. The molecule has 1 fully saturated rings. The molecule has 90 valence electrons. The summed E-state index contributed by atoms with van der Waals surface area (Å²) in [5.41, 5.74) is 2.29. The fourth-order valence-electron chi connectivity index (χ4n) is 3.06. The summed E-state index contributed by atoms with van der Waals surface area (Å²) in [6.07, 6.45) is 3.80. The second-order valence-electron chi connectivity index (χ2n) is 5.07. The highest BCUT2D eigenvalue weighted by atomic mass is 16.3. The third-order valence-corrected chi connectivity index (χ3v) is 4.01. The summed E-state index contributed by atoms with van der Waals surface area (Å²) in [4.78, 5) is 0. The average Bonchev–Trinajstić information content (AvgIpc) is 2.94. The Morgan fingerprint density at radius 2 is 2.18 bits per heavy atom. The number of aryl methyl sites for hydroxylation is 1. The molecule has 2 heteroatoms. The zero-order valence-corrected chi connectivity index (χ0v) is 10.5. The smallest absolute Gasteiger partial charge is 0.137 e. The number of benzene rings is 1. The molecule has 3 rings (SSSR count). The van der Waals surface area contributed by atoms with Crippen molar-refractivity contribution in [2.75, 3.05) is 7.05 Å². The van der Waals surface area contributed by atoms with Gasteiger partial charge in [0, 0.05) is 17.3 Å². The molecule has 2 nitrogen and oxygen atoms in total. The molecule has 0 bridgehead atoms. The second kappa shape index (κ2) is 4.19. The van der Waals surface area contributed by atoms with Crippen LogP contribution in [0.2, 0.25) is 0 Å². The summed E-state index contributed by atoms with van der Waals surface area (Å²) < 4.78 is 6.07. The van der Waals surface area contributed by atoms with Crippen LogP contribution >= 0.6 is 0 Å². The molecule has 1 N–H and O–H groups in total. The number of hydrogen-bond acceptors (Lipinski definition) is 2. The van der Waals surface area contributed by atoms with Crippen molar-refractivity contribution >= 4 is 11.0 Å². The normalized spacial score (nSPS) is 24.6. The van der Waals surface area contributed by atoms with Crippen LogP contribution in [0, 0.1) is 6.92 Å². The van der Waals surface area contributed by atoms with Gasteiger partial charge in [-0.25, -0.2) is 0 Å². The Morgan fingerprint density at radius 3 is 2.94 bits per heavy atom. The van der Waals surface area contributed by atoms with Crippen molar-refractivity contribution in [1.29, 1.82) is 0 Å². The minimum Gasteiger partial charge on any atom is -0.460 e. The maximum atomic E-state index is 6.07. The predicted octanol–water partition coefficient (Wildman–Crippen LogP) is 3.60. The minimum atomic E-state index is 0.548. The van der Waals surface area contributed by atoms with E-state index in [-0.39, 0.29) is 0 Å². The third-order valence-electron chi connectivity index (χ3n) is 4.01. The van der Waals surface area contributed by atoms with E-state index in [0.717, 1.165) is 11.3 Å². The number of rotatable bonds is 2. The van der Waals surface area contributed by atoms with Crippen LogP contribution in [0.5, 0.6) is 0 Å². The van der Waals surface area contributed by atoms with Crippen LogP contribution in [0.15, 0.2) is 28.7 Å². The van der Waals surface area contributed by atoms with Gasteiger partial charge in [0.2, 0.25) is 0 Å². The first-order chi connectivity index (χ1) is 8.29. The lowest BCUT2D eigenvalue weighted by Crippen LogP contribution is -2.27. The van der Waals surface area contributed by atoms with Crippen molar-refractivity contribution in [3.63, 3.8) is 0 Å². The molecule has 0 spiro atoms. The van der Waals surface area contributed by atoms with Gasteiger partial charge < -0.3 is 9.73 Å². The van der Waals surface area contributed by atoms with Gasteiger partial charge >= 0.3 is 0 Å². The standard InChI is InChI=1S/C15H19NO/c1-10-5-3-6-11-9-14(17-15(10)11)12-7-4-8-13(12)16-2/h3,5-6,9,12-13,16H,4,7-8H2,1-2H3. The third kappa shape index (κ3) is 1.77. The van der Waals surface area contributed by atoms with Crippen LogP contribution in [0.3, 0.4) is 0 Å². The molecule has 1 aromatic carbocycles. The fourth-order valence-corrected chi connectivity index (χ4v) is 3.06. The molecule has 1 saturated carbocycles. The molecule has 1 heterocycles. The molecule has 2 aromatic rings. The minimum absolute atomic E-state index is 0.548. The van der Waals surface area contributed by atoms with Gasteiger partial charge in [-0.3, -0.25) is 0 Å². The lowest BCUT2D eigenvalue weighted by Gasteiger charge is -2.16. The summed E-state index contributed by atoms with van der Waals surface area (Å²) >= 11 is 0. The van der Waals surface area contributed by atoms with Crippen LogP contribution < -0.4 is 5.32 Å². The average molecular weight is 229 g/mol. The number of nitrogens with one attached hydrogen (secondary N) is 1. The highest BCUT2D eigenvalue weighted by molar-refractivity contribution is 5.81. The van der Waals surface area contributed by atoms with E-state index in [1.165, 1.54) is 30.2 Å². The molecule has 1 aromatic heterocycles. The Hall–Kier alpha value is -1.28. The van der Waals surface area contributed by atoms with Crippen LogP contribution in [-0.4, -0.2) is 13.1 Å². The number of para-hydroxylation sites is 1.